The molecule has 1 aromatic heterocycles. The molecule has 0 fully saturated rings. The molecule has 0 atom stereocenters. The summed E-state index contributed by atoms with van der Waals surface area (Å²) in [5.74, 6) is -0.715. The minimum absolute atomic E-state index is 0.0614. The van der Waals surface area contributed by atoms with E-state index < -0.39 is 22.1 Å². The molecule has 0 unspecified atom stereocenters. The number of aromatic nitrogens is 2. The zero-order valence-corrected chi connectivity index (χ0v) is 11.8. The number of hydrogen-bond donors (Lipinski definition) is 2. The third-order valence-corrected chi connectivity index (χ3v) is 3.98. The van der Waals surface area contributed by atoms with Crippen LogP contribution in [0.15, 0.2) is 38.8 Å². The molecule has 1 heterocycles. The van der Waals surface area contributed by atoms with Gasteiger partial charge in [-0.1, -0.05) is 12.1 Å². The molecule has 106 valence electrons. The Labute approximate surface area is 117 Å². The molecule has 2 rings (SSSR count). The average Bonchev–Trinajstić information content (AvgIpc) is 2.36. The Hall–Kier alpha value is -2.02. The van der Waals surface area contributed by atoms with Gasteiger partial charge in [0.15, 0.2) is 0 Å². The van der Waals surface area contributed by atoms with Gasteiger partial charge in [-0.25, -0.2) is 9.18 Å². The highest BCUT2D eigenvalue weighted by Crippen LogP contribution is 2.17. The molecule has 5 nitrogen and oxygen atoms in total. The highest BCUT2D eigenvalue weighted by atomic mass is 32.2. The van der Waals surface area contributed by atoms with Crippen LogP contribution in [-0.2, 0) is 17.4 Å². The number of nitrogens with zero attached hydrogens (tertiary/aromatic N) is 1. The molecule has 0 aliphatic heterocycles. The fraction of sp³-hybridized carbons (Fsp3) is 0.231. The van der Waals surface area contributed by atoms with Crippen LogP contribution in [0.25, 0.3) is 0 Å². The van der Waals surface area contributed by atoms with Crippen molar-refractivity contribution >= 4 is 10.9 Å². The zero-order chi connectivity index (χ0) is 14.9. The standard InChI is InChI=1S/C13H13FN2O3S/c1-20(2)10-11(17)15-13(19)16(12(10)18)7-8-3-5-9(14)6-4-8/h3-6H,7H2,1-2H3,(H-,15,17,18,19)/p+1. The molecule has 2 N–H and O–H groups in total. The van der Waals surface area contributed by atoms with Gasteiger partial charge in [-0.2, -0.15) is 0 Å². The minimum Gasteiger partial charge on any atom is -0.491 e. The van der Waals surface area contributed by atoms with E-state index in [-0.39, 0.29) is 23.1 Å². The Morgan fingerprint density at radius 3 is 2.40 bits per heavy atom. The van der Waals surface area contributed by atoms with Crippen LogP contribution in [0.5, 0.6) is 5.88 Å². The highest BCUT2D eigenvalue weighted by molar-refractivity contribution is 7.95. The molecule has 0 saturated carbocycles. The van der Waals surface area contributed by atoms with E-state index in [0.29, 0.717) is 5.56 Å². The smallest absolute Gasteiger partial charge is 0.331 e. The normalized spacial score (nSPS) is 11.0. The summed E-state index contributed by atoms with van der Waals surface area (Å²) in [5.41, 5.74) is -0.615. The lowest BCUT2D eigenvalue weighted by atomic mass is 10.2. The summed E-state index contributed by atoms with van der Waals surface area (Å²) in [5, 5.41) is 10.1. The third-order valence-electron chi connectivity index (χ3n) is 2.79. The van der Waals surface area contributed by atoms with Crippen molar-refractivity contribution in [3.05, 3.63) is 56.5 Å². The van der Waals surface area contributed by atoms with Crippen molar-refractivity contribution in [1.82, 2.24) is 9.55 Å². The first-order valence-corrected chi connectivity index (χ1v) is 7.82. The Morgan fingerprint density at radius 2 is 1.85 bits per heavy atom. The lowest BCUT2D eigenvalue weighted by Gasteiger charge is -2.09. The first-order valence-electron chi connectivity index (χ1n) is 5.78. The molecular weight excluding hydrogens is 283 g/mol. The molecule has 20 heavy (non-hydrogen) atoms. The number of aromatic hydroxyl groups is 1. The summed E-state index contributed by atoms with van der Waals surface area (Å²) in [6.45, 7) is 0.0614. The molecule has 0 aliphatic rings. The van der Waals surface area contributed by atoms with E-state index in [1.54, 1.807) is 12.5 Å². The second-order valence-corrected chi connectivity index (χ2v) is 6.48. The van der Waals surface area contributed by atoms with E-state index in [4.69, 9.17) is 0 Å². The molecule has 0 aliphatic carbocycles. The SMILES string of the molecule is C[S+](C)c1c(O)n(Cc2ccc(F)cc2)c(=O)[nH]c1=O. The number of halogens is 1. The fourth-order valence-corrected chi connectivity index (χ4v) is 2.73. The van der Waals surface area contributed by atoms with Gasteiger partial charge in [-0.3, -0.25) is 14.3 Å². The van der Waals surface area contributed by atoms with Crippen molar-refractivity contribution in [3.8, 4) is 5.88 Å². The van der Waals surface area contributed by atoms with E-state index in [1.165, 1.54) is 24.3 Å². The molecule has 7 heteroatoms. The lowest BCUT2D eigenvalue weighted by molar-refractivity contribution is 0.393. The summed E-state index contributed by atoms with van der Waals surface area (Å²) in [4.78, 5) is 25.8. The Balaban J connectivity index is 2.52. The molecule has 0 spiro atoms. The Kier molecular flexibility index (Phi) is 3.99. The average molecular weight is 297 g/mol. The lowest BCUT2D eigenvalue weighted by Crippen LogP contribution is -2.33. The van der Waals surface area contributed by atoms with Crippen LogP contribution in [-0.4, -0.2) is 27.2 Å². The van der Waals surface area contributed by atoms with Gasteiger partial charge in [0.05, 0.1) is 6.54 Å². The first-order chi connectivity index (χ1) is 9.40. The predicted octanol–water partition coefficient (Wildman–Crippen LogP) is 0.666. The molecule has 1 aromatic carbocycles. The topological polar surface area (TPSA) is 75.1 Å². The number of nitrogens with one attached hydrogen (secondary N) is 1. The van der Waals surface area contributed by atoms with E-state index >= 15 is 0 Å². The van der Waals surface area contributed by atoms with Crippen LogP contribution in [0.4, 0.5) is 4.39 Å². The molecule has 0 saturated heterocycles. The van der Waals surface area contributed by atoms with Crippen LogP contribution >= 0.6 is 0 Å². The van der Waals surface area contributed by atoms with Gasteiger partial charge in [0.25, 0.3) is 10.8 Å². The van der Waals surface area contributed by atoms with Crippen molar-refractivity contribution in [2.24, 2.45) is 0 Å². The third kappa shape index (κ3) is 2.77. The number of rotatable bonds is 3. The number of H-pyrrole nitrogens is 1. The maximum Gasteiger partial charge on any atom is 0.331 e. The maximum absolute atomic E-state index is 12.8. The van der Waals surface area contributed by atoms with Gasteiger partial charge in [0, 0.05) is 10.9 Å². The summed E-state index contributed by atoms with van der Waals surface area (Å²) in [6, 6.07) is 5.58. The van der Waals surface area contributed by atoms with Crippen LogP contribution < -0.4 is 11.2 Å². The van der Waals surface area contributed by atoms with Crippen LogP contribution in [0, 0.1) is 5.82 Å². The van der Waals surface area contributed by atoms with Gasteiger partial charge < -0.3 is 5.11 Å². The van der Waals surface area contributed by atoms with Gasteiger partial charge >= 0.3 is 11.2 Å². The van der Waals surface area contributed by atoms with Crippen molar-refractivity contribution in [2.45, 2.75) is 11.4 Å². The first kappa shape index (κ1) is 14.4. The van der Waals surface area contributed by atoms with Gasteiger partial charge in [0.2, 0.25) is 0 Å². The summed E-state index contributed by atoms with van der Waals surface area (Å²) in [7, 11) is -0.496. The highest BCUT2D eigenvalue weighted by Gasteiger charge is 2.24. The van der Waals surface area contributed by atoms with E-state index in [2.05, 4.69) is 4.98 Å². The molecular formula is C13H14FN2O3S+. The quantitative estimate of drug-likeness (QED) is 0.818. The predicted molar refractivity (Wildman–Crippen MR) is 76.0 cm³/mol. The van der Waals surface area contributed by atoms with Gasteiger partial charge in [-0.05, 0) is 17.7 Å². The van der Waals surface area contributed by atoms with Crippen molar-refractivity contribution in [1.29, 1.82) is 0 Å². The number of aromatic amines is 1. The van der Waals surface area contributed by atoms with Crippen molar-refractivity contribution < 1.29 is 9.50 Å². The summed E-state index contributed by atoms with van der Waals surface area (Å²) in [6.07, 6.45) is 3.55. The van der Waals surface area contributed by atoms with E-state index in [9.17, 15) is 19.1 Å². The fourth-order valence-electron chi connectivity index (χ4n) is 1.83. The number of benzene rings is 1. The minimum atomic E-state index is -0.689. The number of hydrogen-bond acceptors (Lipinski definition) is 3. The molecule has 0 radical (unpaired) electrons. The molecule has 0 amide bonds. The van der Waals surface area contributed by atoms with Crippen molar-refractivity contribution in [2.75, 3.05) is 12.5 Å². The second-order valence-electron chi connectivity index (χ2n) is 4.44. The summed E-state index contributed by atoms with van der Waals surface area (Å²) >= 11 is 0. The van der Waals surface area contributed by atoms with Gasteiger partial charge in [-0.15, -0.1) is 0 Å². The second kappa shape index (κ2) is 5.54. The Morgan fingerprint density at radius 1 is 1.25 bits per heavy atom. The maximum atomic E-state index is 12.8. The van der Waals surface area contributed by atoms with E-state index in [1.807, 2.05) is 0 Å². The molecule has 2 aromatic rings. The van der Waals surface area contributed by atoms with Gasteiger partial charge in [0.1, 0.15) is 18.3 Å². The van der Waals surface area contributed by atoms with Crippen LogP contribution in [0.1, 0.15) is 5.56 Å². The van der Waals surface area contributed by atoms with Crippen LogP contribution in [0.2, 0.25) is 0 Å². The zero-order valence-electron chi connectivity index (χ0n) is 11.0. The monoisotopic (exact) mass is 297 g/mol. The van der Waals surface area contributed by atoms with Crippen molar-refractivity contribution in [3.63, 3.8) is 0 Å². The largest absolute Gasteiger partial charge is 0.491 e. The Bertz CT molecular complexity index is 735. The van der Waals surface area contributed by atoms with E-state index in [0.717, 1.165) is 4.57 Å². The van der Waals surface area contributed by atoms with Crippen LogP contribution in [0.3, 0.4) is 0 Å². The summed E-state index contributed by atoms with van der Waals surface area (Å²) < 4.78 is 13.9. The molecule has 0 bridgehead atoms.